The molecule has 2 aromatic carbocycles. The van der Waals surface area contributed by atoms with Crippen LogP contribution in [0.3, 0.4) is 0 Å². The first-order valence-corrected chi connectivity index (χ1v) is 7.66. The Kier molecular flexibility index (Phi) is 6.21. The summed E-state index contributed by atoms with van der Waals surface area (Å²) in [6.07, 6.45) is 0. The third-order valence-electron chi connectivity index (χ3n) is 3.22. The second kappa shape index (κ2) is 8.36. The Bertz CT molecular complexity index is 758. The Balaban J connectivity index is 2.11. The third-order valence-corrected chi connectivity index (χ3v) is 3.45. The summed E-state index contributed by atoms with van der Waals surface area (Å²) >= 11 is 5.94. The van der Waals surface area contributed by atoms with E-state index in [1.165, 1.54) is 14.0 Å². The largest absolute Gasteiger partial charge is 0.488 e. The molecule has 0 saturated heterocycles. The van der Waals surface area contributed by atoms with Crippen molar-refractivity contribution in [2.24, 2.45) is 5.16 Å². The van der Waals surface area contributed by atoms with Crippen molar-refractivity contribution in [3.05, 3.63) is 58.6 Å². The number of benzene rings is 2. The van der Waals surface area contributed by atoms with Gasteiger partial charge in [-0.25, -0.2) is 4.79 Å². The van der Waals surface area contributed by atoms with Crippen LogP contribution in [0.2, 0.25) is 5.02 Å². The molecule has 0 spiro atoms. The molecular weight excluding hydrogens is 330 g/mol. The molecule has 0 atom stereocenters. The lowest BCUT2D eigenvalue weighted by Gasteiger charge is -2.12. The lowest BCUT2D eigenvalue weighted by molar-refractivity contribution is -0.127. The van der Waals surface area contributed by atoms with Crippen LogP contribution in [0, 0.1) is 6.92 Å². The highest BCUT2D eigenvalue weighted by atomic mass is 35.5. The number of rotatable bonds is 6. The number of ether oxygens (including phenoxy) is 2. The number of hydrogen-bond acceptors (Lipinski definition) is 5. The number of carbonyl (C=O) groups excluding carboxylic acids is 1. The van der Waals surface area contributed by atoms with E-state index in [4.69, 9.17) is 21.1 Å². The molecule has 0 radical (unpaired) electrons. The van der Waals surface area contributed by atoms with Gasteiger partial charge in [0.05, 0.1) is 0 Å². The van der Waals surface area contributed by atoms with Gasteiger partial charge in [0.1, 0.15) is 25.2 Å². The van der Waals surface area contributed by atoms with Crippen molar-refractivity contribution < 1.29 is 19.1 Å². The van der Waals surface area contributed by atoms with Gasteiger partial charge in [0.15, 0.2) is 5.71 Å². The van der Waals surface area contributed by atoms with Gasteiger partial charge in [-0.3, -0.25) is 0 Å². The fourth-order valence-corrected chi connectivity index (χ4v) is 2.23. The van der Waals surface area contributed by atoms with E-state index in [1.807, 2.05) is 31.2 Å². The molecule has 2 rings (SSSR count). The number of nitrogens with zero attached hydrogens (tertiary/aromatic N) is 1. The van der Waals surface area contributed by atoms with Gasteiger partial charge in [0.25, 0.3) is 0 Å². The van der Waals surface area contributed by atoms with Crippen LogP contribution in [0.15, 0.2) is 47.6 Å². The number of aryl methyl sites for hydroxylation is 1. The number of hydrogen-bond donors (Lipinski definition) is 0. The maximum Gasteiger partial charge on any atom is 0.361 e. The van der Waals surface area contributed by atoms with Crippen molar-refractivity contribution in [3.8, 4) is 11.5 Å². The second-order valence-corrected chi connectivity index (χ2v) is 5.49. The molecule has 0 saturated carbocycles. The van der Waals surface area contributed by atoms with Crippen molar-refractivity contribution in [1.29, 1.82) is 0 Å². The predicted molar refractivity (Wildman–Crippen MR) is 92.7 cm³/mol. The molecular formula is C18H18ClNO4. The van der Waals surface area contributed by atoms with Crippen molar-refractivity contribution in [3.63, 3.8) is 0 Å². The first-order valence-electron chi connectivity index (χ1n) is 7.28. The van der Waals surface area contributed by atoms with Gasteiger partial charge in [-0.2, -0.15) is 0 Å². The molecule has 0 aliphatic carbocycles. The van der Waals surface area contributed by atoms with Gasteiger partial charge in [0.2, 0.25) is 0 Å². The highest BCUT2D eigenvalue weighted by molar-refractivity contribution is 6.35. The van der Waals surface area contributed by atoms with E-state index in [0.29, 0.717) is 10.8 Å². The van der Waals surface area contributed by atoms with Crippen LogP contribution in [-0.2, 0) is 16.2 Å². The van der Waals surface area contributed by atoms with Gasteiger partial charge in [-0.15, -0.1) is 0 Å². The van der Waals surface area contributed by atoms with E-state index in [2.05, 4.69) is 9.99 Å². The molecule has 6 heteroatoms. The standard InChI is InChI=1S/C18H18ClNO4/c1-12-10-15(19)8-9-16(12)23-11-14-6-4-5-7-17(14)24-18(21)13(2)20-22-3/h4-10H,11H2,1-3H3. The SMILES string of the molecule is CON=C(C)C(=O)Oc1ccccc1COc1ccc(Cl)cc1C. The van der Waals surface area contributed by atoms with E-state index in [-0.39, 0.29) is 12.3 Å². The van der Waals surface area contributed by atoms with Crippen LogP contribution in [0.25, 0.3) is 0 Å². The Morgan fingerprint density at radius 2 is 1.92 bits per heavy atom. The monoisotopic (exact) mass is 347 g/mol. The lowest BCUT2D eigenvalue weighted by Crippen LogP contribution is -2.18. The Morgan fingerprint density at radius 3 is 2.62 bits per heavy atom. The number of esters is 1. The molecule has 2 aromatic rings. The Labute approximate surface area is 145 Å². The minimum Gasteiger partial charge on any atom is -0.488 e. The van der Waals surface area contributed by atoms with Gasteiger partial charge < -0.3 is 14.3 Å². The van der Waals surface area contributed by atoms with E-state index >= 15 is 0 Å². The van der Waals surface area contributed by atoms with Gasteiger partial charge in [-0.05, 0) is 43.7 Å². The van der Waals surface area contributed by atoms with Crippen LogP contribution >= 0.6 is 11.6 Å². The highest BCUT2D eigenvalue weighted by Crippen LogP contribution is 2.25. The summed E-state index contributed by atoms with van der Waals surface area (Å²) in [4.78, 5) is 16.5. The molecule has 24 heavy (non-hydrogen) atoms. The molecule has 0 unspecified atom stereocenters. The van der Waals surface area contributed by atoms with Gasteiger partial charge in [0, 0.05) is 10.6 Å². The number of para-hydroxylation sites is 1. The summed E-state index contributed by atoms with van der Waals surface area (Å²) in [7, 11) is 1.37. The minimum absolute atomic E-state index is 0.127. The summed E-state index contributed by atoms with van der Waals surface area (Å²) in [5.41, 5.74) is 1.80. The minimum atomic E-state index is -0.577. The molecule has 0 heterocycles. The van der Waals surface area contributed by atoms with E-state index < -0.39 is 5.97 Å². The Morgan fingerprint density at radius 1 is 1.17 bits per heavy atom. The van der Waals surface area contributed by atoms with E-state index in [1.54, 1.807) is 18.2 Å². The number of carbonyl (C=O) groups is 1. The molecule has 126 valence electrons. The number of oxime groups is 1. The third kappa shape index (κ3) is 4.73. The van der Waals surface area contributed by atoms with E-state index in [0.717, 1.165) is 16.9 Å². The van der Waals surface area contributed by atoms with Crippen molar-refractivity contribution in [2.45, 2.75) is 20.5 Å². The zero-order valence-corrected chi connectivity index (χ0v) is 14.5. The molecule has 0 amide bonds. The highest BCUT2D eigenvalue weighted by Gasteiger charge is 2.13. The average molecular weight is 348 g/mol. The first-order chi connectivity index (χ1) is 11.5. The normalized spacial score (nSPS) is 11.1. The zero-order chi connectivity index (χ0) is 17.5. The van der Waals surface area contributed by atoms with Crippen LogP contribution in [0.4, 0.5) is 0 Å². The molecule has 0 N–H and O–H groups in total. The topological polar surface area (TPSA) is 57.1 Å². The molecule has 0 fully saturated rings. The number of halogens is 1. The fourth-order valence-electron chi connectivity index (χ4n) is 2.00. The fraction of sp³-hybridized carbons (Fsp3) is 0.222. The van der Waals surface area contributed by atoms with Gasteiger partial charge in [-0.1, -0.05) is 35.0 Å². The Hall–Kier alpha value is -2.53. The van der Waals surface area contributed by atoms with Crippen molar-refractivity contribution >= 4 is 23.3 Å². The van der Waals surface area contributed by atoms with Crippen molar-refractivity contribution in [1.82, 2.24) is 0 Å². The first kappa shape index (κ1) is 17.8. The van der Waals surface area contributed by atoms with Crippen LogP contribution < -0.4 is 9.47 Å². The van der Waals surface area contributed by atoms with Crippen LogP contribution in [0.1, 0.15) is 18.1 Å². The lowest BCUT2D eigenvalue weighted by atomic mass is 10.2. The molecule has 0 aliphatic rings. The molecule has 0 bridgehead atoms. The van der Waals surface area contributed by atoms with Gasteiger partial charge >= 0.3 is 5.97 Å². The molecule has 0 aliphatic heterocycles. The van der Waals surface area contributed by atoms with Crippen LogP contribution in [0.5, 0.6) is 11.5 Å². The smallest absolute Gasteiger partial charge is 0.361 e. The second-order valence-electron chi connectivity index (χ2n) is 5.06. The van der Waals surface area contributed by atoms with Crippen molar-refractivity contribution in [2.75, 3.05) is 7.11 Å². The summed E-state index contributed by atoms with van der Waals surface area (Å²) in [5, 5.41) is 4.22. The van der Waals surface area contributed by atoms with Crippen LogP contribution in [-0.4, -0.2) is 18.8 Å². The summed E-state index contributed by atoms with van der Waals surface area (Å²) in [5.74, 6) is 0.560. The summed E-state index contributed by atoms with van der Waals surface area (Å²) in [6, 6.07) is 12.6. The zero-order valence-electron chi connectivity index (χ0n) is 13.7. The summed E-state index contributed by atoms with van der Waals surface area (Å²) in [6.45, 7) is 3.69. The average Bonchev–Trinajstić information content (AvgIpc) is 2.55. The molecule has 5 nitrogen and oxygen atoms in total. The summed E-state index contributed by atoms with van der Waals surface area (Å²) < 4.78 is 11.1. The molecule has 0 aromatic heterocycles. The maximum atomic E-state index is 11.9. The van der Waals surface area contributed by atoms with E-state index in [9.17, 15) is 4.79 Å². The predicted octanol–water partition coefficient (Wildman–Crippen LogP) is 4.16. The maximum absolute atomic E-state index is 11.9. The quantitative estimate of drug-likeness (QED) is 0.341.